The monoisotopic (exact) mass is 524 g/mol. The Morgan fingerprint density at radius 3 is 2.29 bits per heavy atom. The first kappa shape index (κ1) is 26.7. The van der Waals surface area contributed by atoms with Crippen LogP contribution in [-0.2, 0) is 9.47 Å². The molecular weight excluding hydrogens is 495 g/mol. The number of H-pyrrole nitrogens is 1. The number of hydrogen-bond donors (Lipinski definition) is 3. The molecule has 1 aliphatic rings. The fourth-order valence-electron chi connectivity index (χ4n) is 3.68. The first-order chi connectivity index (χ1) is 16.4. The molecule has 2 heterocycles. The van der Waals surface area contributed by atoms with Crippen molar-refractivity contribution in [2.75, 3.05) is 30.8 Å². The van der Waals surface area contributed by atoms with Crippen molar-refractivity contribution in [3.8, 4) is 0 Å². The van der Waals surface area contributed by atoms with E-state index in [1.54, 1.807) is 30.0 Å². The molecule has 0 saturated carbocycles. The molecule has 1 aliphatic heterocycles. The average Bonchev–Trinajstić information content (AvgIpc) is 3.06. The minimum atomic E-state index is -0.557. The van der Waals surface area contributed by atoms with Crippen LogP contribution >= 0.6 is 23.2 Å². The van der Waals surface area contributed by atoms with Crippen molar-refractivity contribution < 1.29 is 23.9 Å². The summed E-state index contributed by atoms with van der Waals surface area (Å²) in [5.74, 6) is -0.973. The van der Waals surface area contributed by atoms with Gasteiger partial charge in [-0.25, -0.2) is 9.59 Å². The zero-order chi connectivity index (χ0) is 25.9. The van der Waals surface area contributed by atoms with Crippen molar-refractivity contribution in [3.63, 3.8) is 0 Å². The average molecular weight is 525 g/mol. The Labute approximate surface area is 214 Å². The van der Waals surface area contributed by atoms with Crippen molar-refractivity contribution in [1.82, 2.24) is 9.88 Å². The number of benzene rings is 1. The van der Waals surface area contributed by atoms with Crippen LogP contribution in [-0.4, -0.2) is 59.7 Å². The molecule has 0 radical (unpaired) electrons. The van der Waals surface area contributed by atoms with Gasteiger partial charge >= 0.3 is 12.1 Å². The van der Waals surface area contributed by atoms with Crippen molar-refractivity contribution >= 4 is 52.5 Å². The molecule has 0 bridgehead atoms. The topological polar surface area (TPSA) is 113 Å². The molecule has 0 aliphatic carbocycles. The predicted octanol–water partition coefficient (Wildman–Crippen LogP) is 5.48. The summed E-state index contributed by atoms with van der Waals surface area (Å²) in [6, 6.07) is 4.80. The molecule has 1 aromatic carbocycles. The highest BCUT2D eigenvalue weighted by atomic mass is 35.5. The number of nitrogens with one attached hydrogen (secondary N) is 3. The minimum Gasteiger partial charge on any atom is -0.465 e. The number of aromatic nitrogens is 1. The number of carbonyl (C=O) groups is 3. The molecule has 190 valence electrons. The molecule has 2 amide bonds. The summed E-state index contributed by atoms with van der Waals surface area (Å²) in [4.78, 5) is 41.9. The fourth-order valence-corrected chi connectivity index (χ4v) is 4.10. The molecule has 35 heavy (non-hydrogen) atoms. The number of carbonyl (C=O) groups excluding carboxylic acids is 3. The van der Waals surface area contributed by atoms with Crippen LogP contribution in [0, 0.1) is 6.92 Å². The smallest absolute Gasteiger partial charge is 0.410 e. The van der Waals surface area contributed by atoms with Crippen molar-refractivity contribution in [3.05, 3.63) is 45.2 Å². The van der Waals surface area contributed by atoms with Gasteiger partial charge < -0.3 is 30.0 Å². The van der Waals surface area contributed by atoms with Gasteiger partial charge in [-0.05, 0) is 58.7 Å². The zero-order valence-corrected chi connectivity index (χ0v) is 21.9. The number of amides is 2. The van der Waals surface area contributed by atoms with Gasteiger partial charge in [-0.15, -0.1) is 0 Å². The molecular formula is C24H30Cl2N4O5. The maximum atomic E-state index is 12.9. The number of methoxy groups -OCH3 is 1. The molecule has 1 aromatic heterocycles. The maximum absolute atomic E-state index is 12.9. The summed E-state index contributed by atoms with van der Waals surface area (Å²) in [6.45, 7) is 8.24. The van der Waals surface area contributed by atoms with E-state index in [4.69, 9.17) is 32.7 Å². The van der Waals surface area contributed by atoms with Gasteiger partial charge in [0.2, 0.25) is 0 Å². The van der Waals surface area contributed by atoms with E-state index in [0.29, 0.717) is 48.6 Å². The van der Waals surface area contributed by atoms with Crippen LogP contribution in [0.15, 0.2) is 18.2 Å². The van der Waals surface area contributed by atoms with Crippen molar-refractivity contribution in [2.45, 2.75) is 52.2 Å². The number of halogens is 2. The number of hydrogen-bond acceptors (Lipinski definition) is 6. The molecule has 3 rings (SSSR count). The Balaban J connectivity index is 1.76. The molecule has 0 spiro atoms. The number of anilines is 2. The lowest BCUT2D eigenvalue weighted by Crippen LogP contribution is -2.44. The lowest BCUT2D eigenvalue weighted by molar-refractivity contribution is 0.0210. The Morgan fingerprint density at radius 2 is 1.74 bits per heavy atom. The Kier molecular flexibility index (Phi) is 8.22. The number of aryl methyl sites for hydroxylation is 1. The predicted molar refractivity (Wildman–Crippen MR) is 136 cm³/mol. The Bertz CT molecular complexity index is 1120. The van der Waals surface area contributed by atoms with Crippen molar-refractivity contribution in [1.29, 1.82) is 0 Å². The van der Waals surface area contributed by atoms with Crippen LogP contribution in [0.4, 0.5) is 16.2 Å². The molecule has 1 fully saturated rings. The van der Waals surface area contributed by atoms with E-state index < -0.39 is 17.5 Å². The van der Waals surface area contributed by atoms with Crippen LogP contribution < -0.4 is 10.6 Å². The lowest BCUT2D eigenvalue weighted by atomic mass is 10.0. The van der Waals surface area contributed by atoms with E-state index in [1.807, 2.05) is 20.8 Å². The van der Waals surface area contributed by atoms with Gasteiger partial charge in [-0.3, -0.25) is 4.79 Å². The van der Waals surface area contributed by atoms with Gasteiger partial charge in [0.05, 0.1) is 34.1 Å². The van der Waals surface area contributed by atoms with Gasteiger partial charge in [-0.2, -0.15) is 0 Å². The van der Waals surface area contributed by atoms with E-state index >= 15 is 0 Å². The highest BCUT2D eigenvalue weighted by molar-refractivity contribution is 6.44. The van der Waals surface area contributed by atoms with Gasteiger partial charge in [0.25, 0.3) is 5.91 Å². The van der Waals surface area contributed by atoms with Crippen LogP contribution in [0.2, 0.25) is 10.0 Å². The second kappa shape index (κ2) is 10.8. The molecule has 9 nitrogen and oxygen atoms in total. The lowest BCUT2D eigenvalue weighted by Gasteiger charge is -2.34. The minimum absolute atomic E-state index is 0.00278. The summed E-state index contributed by atoms with van der Waals surface area (Å²) in [5, 5.41) is 6.64. The molecule has 2 aromatic rings. The SMILES string of the molecule is COC(=O)c1ccc(NC(=O)c2[nH]c(C)c(Cl)c2Cl)c(NC2CCN(C(=O)OC(C)(C)C)CC2)c1. The first-order valence-corrected chi connectivity index (χ1v) is 12.0. The molecule has 1 saturated heterocycles. The van der Waals surface area contributed by atoms with Gasteiger partial charge in [0.1, 0.15) is 11.3 Å². The summed E-state index contributed by atoms with van der Waals surface area (Å²) in [5.41, 5.74) is 1.49. The third-order valence-electron chi connectivity index (χ3n) is 5.48. The molecule has 0 atom stereocenters. The first-order valence-electron chi connectivity index (χ1n) is 11.2. The number of aromatic amines is 1. The number of ether oxygens (including phenoxy) is 2. The van der Waals surface area contributed by atoms with Gasteiger partial charge in [0.15, 0.2) is 0 Å². The molecule has 0 unspecified atom stereocenters. The maximum Gasteiger partial charge on any atom is 0.410 e. The van der Waals surface area contributed by atoms with E-state index in [1.165, 1.54) is 7.11 Å². The van der Waals surface area contributed by atoms with E-state index in [0.717, 1.165) is 0 Å². The van der Waals surface area contributed by atoms with Gasteiger partial charge in [-0.1, -0.05) is 23.2 Å². The second-order valence-electron chi connectivity index (χ2n) is 9.35. The standard InChI is InChI=1S/C24H30Cl2N4O5/c1-13-18(25)19(26)20(27-13)21(31)29-16-7-6-14(22(32)34-5)12-17(16)28-15-8-10-30(11-9-15)23(33)35-24(2,3)4/h6-7,12,15,27-28H,8-11H2,1-5H3,(H,29,31). The van der Waals surface area contributed by atoms with Crippen molar-refractivity contribution in [2.24, 2.45) is 0 Å². The molecule has 3 N–H and O–H groups in total. The quantitative estimate of drug-likeness (QED) is 0.446. The van der Waals surface area contributed by atoms with E-state index in [-0.39, 0.29) is 27.9 Å². The van der Waals surface area contributed by atoms with Crippen LogP contribution in [0.5, 0.6) is 0 Å². The van der Waals surface area contributed by atoms with Crippen LogP contribution in [0.25, 0.3) is 0 Å². The summed E-state index contributed by atoms with van der Waals surface area (Å²) >= 11 is 12.3. The highest BCUT2D eigenvalue weighted by Gasteiger charge is 2.27. The van der Waals surface area contributed by atoms with Crippen LogP contribution in [0.3, 0.4) is 0 Å². The third kappa shape index (κ3) is 6.61. The highest BCUT2D eigenvalue weighted by Crippen LogP contribution is 2.31. The van der Waals surface area contributed by atoms with Gasteiger partial charge in [0, 0.05) is 24.8 Å². The molecule has 11 heteroatoms. The Hall–Kier alpha value is -2.91. The number of piperidine rings is 1. The summed E-state index contributed by atoms with van der Waals surface area (Å²) in [6.07, 6.45) is 0.979. The normalized spacial score (nSPS) is 14.4. The van der Waals surface area contributed by atoms with Crippen LogP contribution in [0.1, 0.15) is 60.2 Å². The number of likely N-dealkylation sites (tertiary alicyclic amines) is 1. The largest absolute Gasteiger partial charge is 0.465 e. The summed E-state index contributed by atoms with van der Waals surface area (Å²) < 4.78 is 10.3. The number of nitrogens with zero attached hydrogens (tertiary/aromatic N) is 1. The van der Waals surface area contributed by atoms with E-state index in [2.05, 4.69) is 15.6 Å². The fraction of sp³-hybridized carbons (Fsp3) is 0.458. The second-order valence-corrected chi connectivity index (χ2v) is 10.1. The zero-order valence-electron chi connectivity index (χ0n) is 20.4. The third-order valence-corrected chi connectivity index (χ3v) is 6.42. The van der Waals surface area contributed by atoms with E-state index in [9.17, 15) is 14.4 Å². The number of rotatable bonds is 5. The Morgan fingerprint density at radius 1 is 1.09 bits per heavy atom. The summed E-state index contributed by atoms with van der Waals surface area (Å²) in [7, 11) is 1.30. The number of esters is 1.